The zero-order valence-corrected chi connectivity index (χ0v) is 10.7. The van der Waals surface area contributed by atoms with Gasteiger partial charge in [-0.05, 0) is 19.3 Å². The molecule has 94 valence electrons. The van der Waals surface area contributed by atoms with Gasteiger partial charge in [-0.3, -0.25) is 0 Å². The average Bonchev–Trinajstić information content (AvgIpc) is 3.18. The van der Waals surface area contributed by atoms with E-state index >= 15 is 0 Å². The second-order valence-corrected chi connectivity index (χ2v) is 4.53. The standard InChI is InChI=1S/C13H21N3O/c1-3-4-5-8-17-12-9-11(14-2)15-13(16-12)10-6-7-10/h9-10H,3-8H2,1-2H3,(H,14,15,16). The first-order valence-electron chi connectivity index (χ1n) is 6.53. The molecule has 0 atom stereocenters. The van der Waals surface area contributed by atoms with Crippen LogP contribution in [0.3, 0.4) is 0 Å². The molecule has 1 aliphatic rings. The van der Waals surface area contributed by atoms with Crippen molar-refractivity contribution < 1.29 is 4.74 Å². The summed E-state index contributed by atoms with van der Waals surface area (Å²) in [5.74, 6) is 3.05. The van der Waals surface area contributed by atoms with E-state index in [-0.39, 0.29) is 0 Å². The van der Waals surface area contributed by atoms with Gasteiger partial charge in [0.25, 0.3) is 0 Å². The highest BCUT2D eigenvalue weighted by Crippen LogP contribution is 2.39. The summed E-state index contributed by atoms with van der Waals surface area (Å²) in [6.07, 6.45) is 5.93. The van der Waals surface area contributed by atoms with Crippen LogP contribution in [0.15, 0.2) is 6.07 Å². The molecule has 1 heterocycles. The van der Waals surface area contributed by atoms with Crippen LogP contribution in [-0.2, 0) is 0 Å². The molecule has 1 saturated carbocycles. The van der Waals surface area contributed by atoms with E-state index in [1.165, 1.54) is 25.7 Å². The van der Waals surface area contributed by atoms with Crippen molar-refractivity contribution >= 4 is 5.82 Å². The van der Waals surface area contributed by atoms with Crippen molar-refractivity contribution in [3.8, 4) is 5.88 Å². The van der Waals surface area contributed by atoms with Gasteiger partial charge in [-0.25, -0.2) is 4.98 Å². The van der Waals surface area contributed by atoms with Crippen molar-refractivity contribution in [2.45, 2.75) is 44.9 Å². The summed E-state index contributed by atoms with van der Waals surface area (Å²) in [6.45, 7) is 2.94. The minimum absolute atomic E-state index is 0.557. The zero-order chi connectivity index (χ0) is 12.1. The van der Waals surface area contributed by atoms with Crippen LogP contribution in [0.2, 0.25) is 0 Å². The van der Waals surface area contributed by atoms with Gasteiger partial charge in [0, 0.05) is 19.0 Å². The zero-order valence-electron chi connectivity index (χ0n) is 10.7. The van der Waals surface area contributed by atoms with Gasteiger partial charge in [-0.15, -0.1) is 0 Å². The van der Waals surface area contributed by atoms with Gasteiger partial charge >= 0.3 is 0 Å². The molecule has 0 spiro atoms. The molecule has 0 amide bonds. The molecule has 4 nitrogen and oxygen atoms in total. The third-order valence-electron chi connectivity index (χ3n) is 2.92. The maximum Gasteiger partial charge on any atom is 0.218 e. The Morgan fingerprint density at radius 1 is 1.35 bits per heavy atom. The lowest BCUT2D eigenvalue weighted by Crippen LogP contribution is -2.04. The lowest BCUT2D eigenvalue weighted by atomic mass is 10.3. The van der Waals surface area contributed by atoms with Crippen molar-refractivity contribution in [2.24, 2.45) is 0 Å². The number of nitrogens with one attached hydrogen (secondary N) is 1. The lowest BCUT2D eigenvalue weighted by molar-refractivity contribution is 0.293. The number of rotatable bonds is 7. The SMILES string of the molecule is CCCCCOc1cc(NC)nc(C2CC2)n1. The Bertz CT molecular complexity index is 364. The van der Waals surface area contributed by atoms with Crippen LogP contribution in [-0.4, -0.2) is 23.6 Å². The van der Waals surface area contributed by atoms with Crippen LogP contribution in [0.5, 0.6) is 5.88 Å². The Kier molecular flexibility index (Phi) is 4.18. The van der Waals surface area contributed by atoms with Gasteiger partial charge in [0.2, 0.25) is 5.88 Å². The molecule has 0 aromatic carbocycles. The van der Waals surface area contributed by atoms with Crippen molar-refractivity contribution in [1.82, 2.24) is 9.97 Å². The van der Waals surface area contributed by atoms with Gasteiger partial charge in [-0.1, -0.05) is 19.8 Å². The van der Waals surface area contributed by atoms with Crippen LogP contribution < -0.4 is 10.1 Å². The van der Waals surface area contributed by atoms with E-state index in [9.17, 15) is 0 Å². The summed E-state index contributed by atoms with van der Waals surface area (Å²) < 4.78 is 5.68. The Balaban J connectivity index is 1.97. The van der Waals surface area contributed by atoms with Crippen molar-refractivity contribution in [3.05, 3.63) is 11.9 Å². The number of anilines is 1. The molecule has 0 bridgehead atoms. The smallest absolute Gasteiger partial charge is 0.218 e. The fourth-order valence-corrected chi connectivity index (χ4v) is 1.70. The Morgan fingerprint density at radius 3 is 2.82 bits per heavy atom. The molecule has 2 rings (SSSR count). The van der Waals surface area contributed by atoms with E-state index < -0.39 is 0 Å². The van der Waals surface area contributed by atoms with Crippen LogP contribution in [0.25, 0.3) is 0 Å². The van der Waals surface area contributed by atoms with Gasteiger partial charge in [0.1, 0.15) is 11.6 Å². The molecular weight excluding hydrogens is 214 g/mol. The highest BCUT2D eigenvalue weighted by atomic mass is 16.5. The number of unbranched alkanes of at least 4 members (excludes halogenated alkanes) is 2. The van der Waals surface area contributed by atoms with Crippen molar-refractivity contribution in [2.75, 3.05) is 19.0 Å². The summed E-state index contributed by atoms with van der Waals surface area (Å²) >= 11 is 0. The topological polar surface area (TPSA) is 47.0 Å². The number of hydrogen-bond donors (Lipinski definition) is 1. The van der Waals surface area contributed by atoms with Crippen LogP contribution in [0.4, 0.5) is 5.82 Å². The first kappa shape index (κ1) is 12.1. The van der Waals surface area contributed by atoms with Gasteiger partial charge in [0.15, 0.2) is 0 Å². The van der Waals surface area contributed by atoms with E-state index in [1.54, 1.807) is 0 Å². The normalized spacial score (nSPS) is 14.7. The molecule has 0 radical (unpaired) electrons. The summed E-state index contributed by atoms with van der Waals surface area (Å²) in [5, 5.41) is 3.06. The lowest BCUT2D eigenvalue weighted by Gasteiger charge is -2.08. The third-order valence-corrected chi connectivity index (χ3v) is 2.92. The van der Waals surface area contributed by atoms with Crippen molar-refractivity contribution in [3.63, 3.8) is 0 Å². The van der Waals surface area contributed by atoms with Gasteiger partial charge in [-0.2, -0.15) is 4.98 Å². The first-order valence-corrected chi connectivity index (χ1v) is 6.53. The fourth-order valence-electron chi connectivity index (χ4n) is 1.70. The number of nitrogens with zero attached hydrogens (tertiary/aromatic N) is 2. The third kappa shape index (κ3) is 3.58. The maximum absolute atomic E-state index is 5.68. The second-order valence-electron chi connectivity index (χ2n) is 4.53. The summed E-state index contributed by atoms with van der Waals surface area (Å²) in [6, 6.07) is 1.87. The quantitative estimate of drug-likeness (QED) is 0.738. The van der Waals surface area contributed by atoms with E-state index in [0.717, 1.165) is 24.7 Å². The van der Waals surface area contributed by atoms with Crippen LogP contribution in [0.1, 0.15) is 50.8 Å². The molecular formula is C13H21N3O. The second kappa shape index (κ2) is 5.84. The van der Waals surface area contributed by atoms with Gasteiger partial charge in [0.05, 0.1) is 6.61 Å². The molecule has 1 aromatic rings. The predicted octanol–water partition coefficient (Wildman–Crippen LogP) is 2.96. The van der Waals surface area contributed by atoms with Gasteiger partial charge < -0.3 is 10.1 Å². The maximum atomic E-state index is 5.68. The fraction of sp³-hybridized carbons (Fsp3) is 0.692. The average molecular weight is 235 g/mol. The number of ether oxygens (including phenoxy) is 1. The number of aromatic nitrogens is 2. The minimum Gasteiger partial charge on any atom is -0.478 e. The predicted molar refractivity (Wildman–Crippen MR) is 68.6 cm³/mol. The molecule has 0 unspecified atom stereocenters. The molecule has 17 heavy (non-hydrogen) atoms. The molecule has 4 heteroatoms. The summed E-state index contributed by atoms with van der Waals surface area (Å²) in [5.41, 5.74) is 0. The Hall–Kier alpha value is -1.32. The Labute approximate surface area is 103 Å². The molecule has 1 fully saturated rings. The minimum atomic E-state index is 0.557. The number of hydrogen-bond acceptors (Lipinski definition) is 4. The first-order chi connectivity index (χ1) is 8.33. The largest absolute Gasteiger partial charge is 0.478 e. The molecule has 0 saturated heterocycles. The summed E-state index contributed by atoms with van der Waals surface area (Å²) in [4.78, 5) is 8.92. The van der Waals surface area contributed by atoms with E-state index in [2.05, 4.69) is 22.2 Å². The van der Waals surface area contributed by atoms with Crippen LogP contribution >= 0.6 is 0 Å². The highest BCUT2D eigenvalue weighted by molar-refractivity contribution is 5.38. The Morgan fingerprint density at radius 2 is 2.18 bits per heavy atom. The van der Waals surface area contributed by atoms with E-state index in [4.69, 9.17) is 4.74 Å². The van der Waals surface area contributed by atoms with E-state index in [0.29, 0.717) is 11.8 Å². The van der Waals surface area contributed by atoms with Crippen LogP contribution in [0, 0.1) is 0 Å². The molecule has 1 aliphatic carbocycles. The monoisotopic (exact) mass is 235 g/mol. The van der Waals surface area contributed by atoms with E-state index in [1.807, 2.05) is 13.1 Å². The molecule has 1 N–H and O–H groups in total. The van der Waals surface area contributed by atoms with Crippen molar-refractivity contribution in [1.29, 1.82) is 0 Å². The summed E-state index contributed by atoms with van der Waals surface area (Å²) in [7, 11) is 1.87. The highest BCUT2D eigenvalue weighted by Gasteiger charge is 2.27. The molecule has 0 aliphatic heterocycles. The molecule has 1 aromatic heterocycles.